The maximum absolute atomic E-state index is 12.7. The van der Waals surface area contributed by atoms with Gasteiger partial charge in [-0.1, -0.05) is 48.5 Å². The van der Waals surface area contributed by atoms with E-state index in [0.29, 0.717) is 12.2 Å². The second-order valence-electron chi connectivity index (χ2n) is 5.31. The molecule has 3 rings (SSSR count). The number of hydrogen-bond acceptors (Lipinski definition) is 3. The number of rotatable bonds is 4. The smallest absolute Gasteiger partial charge is 0.256 e. The monoisotopic (exact) mass is 338 g/mol. The van der Waals surface area contributed by atoms with E-state index in [9.17, 15) is 9.59 Å². The zero-order valence-electron chi connectivity index (χ0n) is 12.8. The molecule has 1 atom stereocenters. The Morgan fingerprint density at radius 1 is 1.04 bits per heavy atom. The Morgan fingerprint density at radius 3 is 2.33 bits per heavy atom. The quantitative estimate of drug-likeness (QED) is 0.482. The van der Waals surface area contributed by atoms with Crippen molar-refractivity contribution >= 4 is 41.0 Å². The second kappa shape index (κ2) is 7.14. The average molecular weight is 338 g/mol. The van der Waals surface area contributed by atoms with Crippen molar-refractivity contribution in [2.24, 2.45) is 5.92 Å². The normalized spacial score (nSPS) is 18.1. The Hall–Kier alpha value is -2.86. The summed E-state index contributed by atoms with van der Waals surface area (Å²) in [5.74, 6) is -1.71. The summed E-state index contributed by atoms with van der Waals surface area (Å²) >= 11 is 5.14. The van der Waals surface area contributed by atoms with Gasteiger partial charge in [0.05, 0.1) is 5.69 Å². The molecule has 0 aromatic heterocycles. The molecular formula is C18H16N3O2S+. The van der Waals surface area contributed by atoms with Crippen molar-refractivity contribution in [1.29, 1.82) is 0 Å². The Balaban J connectivity index is 1.78. The van der Waals surface area contributed by atoms with Gasteiger partial charge in [0.15, 0.2) is 23.8 Å². The van der Waals surface area contributed by atoms with Gasteiger partial charge in [0.1, 0.15) is 0 Å². The minimum absolute atomic E-state index is 0.101. The Bertz CT molecular complexity index is 790. The predicted octanol–water partition coefficient (Wildman–Crippen LogP) is 0.402. The summed E-state index contributed by atoms with van der Waals surface area (Å²) in [4.78, 5) is 29.2. The van der Waals surface area contributed by atoms with Crippen molar-refractivity contribution in [3.63, 3.8) is 0 Å². The average Bonchev–Trinajstić information content (AvgIpc) is 2.59. The molecule has 120 valence electrons. The zero-order chi connectivity index (χ0) is 16.9. The van der Waals surface area contributed by atoms with Crippen LogP contribution in [-0.2, 0) is 16.1 Å². The van der Waals surface area contributed by atoms with Gasteiger partial charge in [-0.05, 0) is 24.4 Å². The van der Waals surface area contributed by atoms with Crippen LogP contribution in [0.3, 0.4) is 0 Å². The van der Waals surface area contributed by atoms with Gasteiger partial charge >= 0.3 is 0 Å². The summed E-state index contributed by atoms with van der Waals surface area (Å²) in [5.41, 5.74) is 1.70. The highest BCUT2D eigenvalue weighted by molar-refractivity contribution is 7.80. The number of para-hydroxylation sites is 1. The van der Waals surface area contributed by atoms with Crippen LogP contribution in [0.2, 0.25) is 0 Å². The molecular weight excluding hydrogens is 322 g/mol. The molecule has 0 spiro atoms. The van der Waals surface area contributed by atoms with Crippen LogP contribution >= 0.6 is 12.2 Å². The number of carbonyl (C=O) groups excluding carboxylic acids is 2. The number of thiocarbonyl (C=S) groups is 1. The largest absolute Gasteiger partial charge is 0.301 e. The first-order chi connectivity index (χ1) is 11.7. The molecule has 1 fully saturated rings. The van der Waals surface area contributed by atoms with Gasteiger partial charge in [-0.25, -0.2) is 4.99 Å². The van der Waals surface area contributed by atoms with Gasteiger partial charge in [-0.3, -0.25) is 14.5 Å². The van der Waals surface area contributed by atoms with Crippen molar-refractivity contribution in [3.8, 4) is 0 Å². The SMILES string of the molecule is O=C1NC(=S)N(c2ccccc2)C(=O)[C@@H]1C=[NH+]Cc1ccccc1. The van der Waals surface area contributed by atoms with E-state index in [1.54, 1.807) is 12.1 Å². The van der Waals surface area contributed by atoms with E-state index in [4.69, 9.17) is 12.2 Å². The van der Waals surface area contributed by atoms with Gasteiger partial charge in [0.2, 0.25) is 5.91 Å². The summed E-state index contributed by atoms with van der Waals surface area (Å²) in [7, 11) is 0. The van der Waals surface area contributed by atoms with E-state index in [2.05, 4.69) is 10.3 Å². The topological polar surface area (TPSA) is 63.4 Å². The van der Waals surface area contributed by atoms with Crippen molar-refractivity contribution < 1.29 is 14.6 Å². The highest BCUT2D eigenvalue weighted by Gasteiger charge is 2.40. The molecule has 1 saturated heterocycles. The lowest BCUT2D eigenvalue weighted by molar-refractivity contribution is -0.471. The fourth-order valence-corrected chi connectivity index (χ4v) is 2.75. The minimum Gasteiger partial charge on any atom is -0.301 e. The molecule has 6 heteroatoms. The molecule has 0 aliphatic carbocycles. The molecule has 0 unspecified atom stereocenters. The minimum atomic E-state index is -0.930. The predicted molar refractivity (Wildman–Crippen MR) is 95.3 cm³/mol. The number of anilines is 1. The molecule has 2 aromatic carbocycles. The summed E-state index contributed by atoms with van der Waals surface area (Å²) < 4.78 is 0. The van der Waals surface area contributed by atoms with Gasteiger partial charge in [-0.2, -0.15) is 0 Å². The molecule has 0 saturated carbocycles. The molecule has 1 aliphatic rings. The molecule has 0 bridgehead atoms. The van der Waals surface area contributed by atoms with Crippen LogP contribution in [0, 0.1) is 5.92 Å². The van der Waals surface area contributed by atoms with Gasteiger partial charge in [0.25, 0.3) is 5.91 Å². The Kier molecular flexibility index (Phi) is 4.77. The van der Waals surface area contributed by atoms with Crippen LogP contribution in [0.25, 0.3) is 0 Å². The van der Waals surface area contributed by atoms with Crippen LogP contribution < -0.4 is 15.2 Å². The molecule has 2 aromatic rings. The van der Waals surface area contributed by atoms with E-state index >= 15 is 0 Å². The first-order valence-corrected chi connectivity index (χ1v) is 7.92. The highest BCUT2D eigenvalue weighted by Crippen LogP contribution is 2.19. The van der Waals surface area contributed by atoms with E-state index < -0.39 is 11.8 Å². The van der Waals surface area contributed by atoms with Gasteiger partial charge in [-0.15, -0.1) is 0 Å². The standard InChI is InChI=1S/C18H15N3O2S/c22-16-15(12-19-11-13-7-3-1-4-8-13)17(23)21(18(24)20-16)14-9-5-2-6-10-14/h1-10,12,15H,11H2,(H,20,22,24)/p+1/t15-/m1/s1. The van der Waals surface area contributed by atoms with Crippen LogP contribution in [-0.4, -0.2) is 23.1 Å². The summed E-state index contributed by atoms with van der Waals surface area (Å²) in [6, 6.07) is 18.8. The van der Waals surface area contributed by atoms with E-state index in [-0.39, 0.29) is 11.0 Å². The third-order valence-electron chi connectivity index (χ3n) is 3.65. The number of benzene rings is 2. The van der Waals surface area contributed by atoms with Crippen molar-refractivity contribution in [2.45, 2.75) is 6.54 Å². The Morgan fingerprint density at radius 2 is 1.67 bits per heavy atom. The second-order valence-corrected chi connectivity index (χ2v) is 5.70. The number of nitrogens with zero attached hydrogens (tertiary/aromatic N) is 1. The molecule has 0 radical (unpaired) electrons. The number of amides is 2. The van der Waals surface area contributed by atoms with Gasteiger partial charge < -0.3 is 5.32 Å². The Labute approximate surface area is 145 Å². The number of carbonyl (C=O) groups is 2. The highest BCUT2D eigenvalue weighted by atomic mass is 32.1. The molecule has 2 N–H and O–H groups in total. The molecule has 1 heterocycles. The van der Waals surface area contributed by atoms with E-state index in [1.165, 1.54) is 11.1 Å². The van der Waals surface area contributed by atoms with Crippen LogP contribution in [0.15, 0.2) is 60.7 Å². The lowest BCUT2D eigenvalue weighted by Gasteiger charge is -2.29. The van der Waals surface area contributed by atoms with Crippen molar-refractivity contribution in [2.75, 3.05) is 4.90 Å². The van der Waals surface area contributed by atoms with Crippen LogP contribution in [0.4, 0.5) is 5.69 Å². The van der Waals surface area contributed by atoms with E-state index in [1.807, 2.05) is 48.5 Å². The lowest BCUT2D eigenvalue weighted by atomic mass is 10.1. The van der Waals surface area contributed by atoms with Crippen LogP contribution in [0.5, 0.6) is 0 Å². The lowest BCUT2D eigenvalue weighted by Crippen LogP contribution is -2.71. The first kappa shape index (κ1) is 16.0. The first-order valence-electron chi connectivity index (χ1n) is 7.51. The fraction of sp³-hybridized carbons (Fsp3) is 0.111. The van der Waals surface area contributed by atoms with Crippen molar-refractivity contribution in [1.82, 2.24) is 5.32 Å². The van der Waals surface area contributed by atoms with E-state index in [0.717, 1.165) is 5.56 Å². The molecule has 24 heavy (non-hydrogen) atoms. The summed E-state index contributed by atoms with van der Waals surface area (Å²) in [5, 5.41) is 2.68. The van der Waals surface area contributed by atoms with Gasteiger partial charge in [0, 0.05) is 5.56 Å². The zero-order valence-corrected chi connectivity index (χ0v) is 13.6. The molecule has 1 aliphatic heterocycles. The number of hydrogen-bond donors (Lipinski definition) is 2. The third kappa shape index (κ3) is 3.38. The summed E-state index contributed by atoms with van der Waals surface area (Å²) in [6.45, 7) is 0.535. The maximum atomic E-state index is 12.7. The number of nitrogens with one attached hydrogen (secondary N) is 2. The molecule has 5 nitrogen and oxygen atoms in total. The summed E-state index contributed by atoms with van der Waals surface area (Å²) in [6.07, 6.45) is 1.52. The third-order valence-corrected chi connectivity index (χ3v) is 3.93. The van der Waals surface area contributed by atoms with Crippen molar-refractivity contribution in [3.05, 3.63) is 66.2 Å². The van der Waals surface area contributed by atoms with Crippen LogP contribution in [0.1, 0.15) is 5.56 Å². The maximum Gasteiger partial charge on any atom is 0.256 e. The molecule has 2 amide bonds. The fourth-order valence-electron chi connectivity index (χ4n) is 2.45.